The molecule has 0 fully saturated rings. The van der Waals surface area contributed by atoms with Crippen LogP contribution < -0.4 is 10.7 Å². The monoisotopic (exact) mass is 370 g/mol. The highest BCUT2D eigenvalue weighted by molar-refractivity contribution is 7.22. The number of nitrogens with zero attached hydrogens (tertiary/aromatic N) is 2. The number of anilines is 2. The fraction of sp³-hybridized carbons (Fsp3) is 0.211. The molecule has 2 aromatic carbocycles. The molecule has 0 saturated heterocycles. The predicted octanol–water partition coefficient (Wildman–Crippen LogP) is 5.11. The first kappa shape index (κ1) is 18.0. The number of aromatic nitrogens is 1. The lowest BCUT2D eigenvalue weighted by Gasteiger charge is -2.12. The minimum atomic E-state index is -0.438. The second-order valence-electron chi connectivity index (χ2n) is 6.20. The smallest absolute Gasteiger partial charge is 0.255 e. The third-order valence-electron chi connectivity index (χ3n) is 3.82. The maximum atomic E-state index is 13.4. The van der Waals surface area contributed by atoms with Gasteiger partial charge in [-0.15, -0.1) is 0 Å². The summed E-state index contributed by atoms with van der Waals surface area (Å²) in [6, 6.07) is 7.56. The molecule has 0 atom stereocenters. The fourth-order valence-electron chi connectivity index (χ4n) is 2.60. The van der Waals surface area contributed by atoms with E-state index in [1.165, 1.54) is 29.5 Å². The van der Waals surface area contributed by atoms with E-state index in [1.54, 1.807) is 6.07 Å². The van der Waals surface area contributed by atoms with E-state index in [9.17, 15) is 9.18 Å². The van der Waals surface area contributed by atoms with Gasteiger partial charge in [-0.05, 0) is 63.1 Å². The molecular formula is C19H19FN4OS. The van der Waals surface area contributed by atoms with E-state index >= 15 is 0 Å². The molecule has 5 nitrogen and oxygen atoms in total. The summed E-state index contributed by atoms with van der Waals surface area (Å²) in [7, 11) is 0. The topological polar surface area (TPSA) is 66.4 Å². The molecule has 0 spiro atoms. The molecule has 0 saturated carbocycles. The van der Waals surface area contributed by atoms with Gasteiger partial charge in [-0.25, -0.2) is 9.37 Å². The summed E-state index contributed by atoms with van der Waals surface area (Å²) in [4.78, 5) is 17.0. The number of benzene rings is 2. The average Bonchev–Trinajstić information content (AvgIpc) is 2.99. The maximum absolute atomic E-state index is 13.4. The van der Waals surface area contributed by atoms with Gasteiger partial charge in [0.15, 0.2) is 0 Å². The van der Waals surface area contributed by atoms with Crippen LogP contribution >= 0.6 is 11.3 Å². The molecule has 0 aliphatic carbocycles. The number of fused-ring (bicyclic) bond motifs is 1. The van der Waals surface area contributed by atoms with Gasteiger partial charge in [-0.1, -0.05) is 17.4 Å². The molecule has 0 bridgehead atoms. The summed E-state index contributed by atoms with van der Waals surface area (Å²) in [5, 5.41) is 7.76. The minimum absolute atomic E-state index is 0.281. The molecule has 3 aromatic rings. The standard InChI is InChI=1S/C19H19FN4OS/c1-10(2)23-24-19-21-15-8-11(3)16(12(4)17(15)26-19)22-18(25)13-6-5-7-14(20)9-13/h5-9H,1-4H3,(H,21,24)(H,22,25). The molecule has 0 aliphatic rings. The lowest BCUT2D eigenvalue weighted by Crippen LogP contribution is -2.14. The summed E-state index contributed by atoms with van der Waals surface area (Å²) in [6.07, 6.45) is 0. The second kappa shape index (κ2) is 7.21. The van der Waals surface area contributed by atoms with Gasteiger partial charge in [0.25, 0.3) is 5.91 Å². The molecule has 26 heavy (non-hydrogen) atoms. The molecular weight excluding hydrogens is 351 g/mol. The zero-order valence-corrected chi connectivity index (χ0v) is 15.8. The summed E-state index contributed by atoms with van der Waals surface area (Å²) >= 11 is 1.47. The van der Waals surface area contributed by atoms with E-state index in [0.717, 1.165) is 32.7 Å². The number of aryl methyl sites for hydroxylation is 2. The van der Waals surface area contributed by atoms with Crippen LogP contribution in [0, 0.1) is 19.7 Å². The van der Waals surface area contributed by atoms with Crippen LogP contribution in [0.2, 0.25) is 0 Å². The van der Waals surface area contributed by atoms with Gasteiger partial charge in [-0.3, -0.25) is 10.2 Å². The number of nitrogens with one attached hydrogen (secondary N) is 2. The molecule has 7 heteroatoms. The van der Waals surface area contributed by atoms with Crippen molar-refractivity contribution in [2.24, 2.45) is 5.10 Å². The lowest BCUT2D eigenvalue weighted by atomic mass is 10.1. The van der Waals surface area contributed by atoms with Gasteiger partial charge >= 0.3 is 0 Å². The lowest BCUT2D eigenvalue weighted by molar-refractivity contribution is 0.102. The van der Waals surface area contributed by atoms with E-state index in [1.807, 2.05) is 33.8 Å². The fourth-order valence-corrected chi connectivity index (χ4v) is 3.49. The normalized spacial score (nSPS) is 10.7. The molecule has 0 unspecified atom stereocenters. The first-order valence-electron chi connectivity index (χ1n) is 8.09. The first-order valence-corrected chi connectivity index (χ1v) is 8.91. The quantitative estimate of drug-likeness (QED) is 0.495. The van der Waals surface area contributed by atoms with E-state index in [2.05, 4.69) is 20.8 Å². The highest BCUT2D eigenvalue weighted by Gasteiger charge is 2.15. The SMILES string of the molecule is CC(C)=NNc1nc2cc(C)c(NC(=O)c3cccc(F)c3)c(C)c2s1. The molecule has 0 aliphatic heterocycles. The number of halogens is 1. The third kappa shape index (κ3) is 3.72. The number of hydrazone groups is 1. The molecule has 1 aromatic heterocycles. The van der Waals surface area contributed by atoms with Crippen LogP contribution in [-0.4, -0.2) is 16.6 Å². The van der Waals surface area contributed by atoms with Gasteiger partial charge in [0.2, 0.25) is 5.13 Å². The zero-order valence-electron chi connectivity index (χ0n) is 15.0. The Morgan fingerprint density at radius 2 is 2.00 bits per heavy atom. The van der Waals surface area contributed by atoms with Crippen molar-refractivity contribution in [3.8, 4) is 0 Å². The largest absolute Gasteiger partial charge is 0.321 e. The Morgan fingerprint density at radius 1 is 1.23 bits per heavy atom. The van der Waals surface area contributed by atoms with Crippen LogP contribution in [0.1, 0.15) is 35.3 Å². The van der Waals surface area contributed by atoms with Crippen LogP contribution in [0.25, 0.3) is 10.2 Å². The number of hydrogen-bond acceptors (Lipinski definition) is 5. The van der Waals surface area contributed by atoms with Gasteiger partial charge < -0.3 is 5.32 Å². The Balaban J connectivity index is 1.95. The predicted molar refractivity (Wildman–Crippen MR) is 106 cm³/mol. The number of carbonyl (C=O) groups is 1. The number of rotatable bonds is 4. The Hall–Kier alpha value is -2.80. The number of amides is 1. The Morgan fingerprint density at radius 3 is 2.69 bits per heavy atom. The molecule has 0 radical (unpaired) electrons. The van der Waals surface area contributed by atoms with Crippen LogP contribution in [0.4, 0.5) is 15.2 Å². The summed E-state index contributed by atoms with van der Waals surface area (Å²) in [5.74, 6) is -0.782. The molecule has 1 amide bonds. The van der Waals surface area contributed by atoms with Crippen molar-refractivity contribution in [1.29, 1.82) is 0 Å². The van der Waals surface area contributed by atoms with Crippen molar-refractivity contribution < 1.29 is 9.18 Å². The van der Waals surface area contributed by atoms with Gasteiger partial charge in [0.1, 0.15) is 5.82 Å². The van der Waals surface area contributed by atoms with Crippen molar-refractivity contribution in [1.82, 2.24) is 4.98 Å². The number of hydrogen-bond donors (Lipinski definition) is 2. The molecule has 134 valence electrons. The number of carbonyl (C=O) groups excluding carboxylic acids is 1. The molecule has 2 N–H and O–H groups in total. The first-order chi connectivity index (χ1) is 12.3. The van der Waals surface area contributed by atoms with Crippen molar-refractivity contribution in [2.75, 3.05) is 10.7 Å². The van der Waals surface area contributed by atoms with Gasteiger partial charge in [-0.2, -0.15) is 5.10 Å². The van der Waals surface area contributed by atoms with Crippen molar-refractivity contribution >= 4 is 44.0 Å². The van der Waals surface area contributed by atoms with Crippen LogP contribution in [-0.2, 0) is 0 Å². The van der Waals surface area contributed by atoms with Crippen molar-refractivity contribution in [3.63, 3.8) is 0 Å². The highest BCUT2D eigenvalue weighted by Crippen LogP contribution is 2.35. The molecule has 1 heterocycles. The Labute approximate surface area is 155 Å². The Bertz CT molecular complexity index is 1020. The Kier molecular flexibility index (Phi) is 4.99. The van der Waals surface area contributed by atoms with Crippen LogP contribution in [0.15, 0.2) is 35.4 Å². The average molecular weight is 370 g/mol. The highest BCUT2D eigenvalue weighted by atomic mass is 32.1. The van der Waals surface area contributed by atoms with Crippen LogP contribution in [0.3, 0.4) is 0 Å². The van der Waals surface area contributed by atoms with Gasteiger partial charge in [0, 0.05) is 17.0 Å². The minimum Gasteiger partial charge on any atom is -0.321 e. The van der Waals surface area contributed by atoms with E-state index in [-0.39, 0.29) is 11.5 Å². The van der Waals surface area contributed by atoms with Crippen molar-refractivity contribution in [3.05, 3.63) is 52.8 Å². The van der Waals surface area contributed by atoms with Crippen LogP contribution in [0.5, 0.6) is 0 Å². The second-order valence-corrected chi connectivity index (χ2v) is 7.20. The summed E-state index contributed by atoms with van der Waals surface area (Å²) in [5.41, 5.74) is 7.51. The summed E-state index contributed by atoms with van der Waals surface area (Å²) < 4.78 is 14.3. The zero-order chi connectivity index (χ0) is 18.8. The van der Waals surface area contributed by atoms with Crippen molar-refractivity contribution in [2.45, 2.75) is 27.7 Å². The van der Waals surface area contributed by atoms with E-state index in [0.29, 0.717) is 5.13 Å². The van der Waals surface area contributed by atoms with Gasteiger partial charge in [0.05, 0.1) is 10.2 Å². The molecule has 3 rings (SSSR count). The maximum Gasteiger partial charge on any atom is 0.255 e. The van der Waals surface area contributed by atoms with E-state index in [4.69, 9.17) is 0 Å². The van der Waals surface area contributed by atoms with E-state index < -0.39 is 5.82 Å². The summed E-state index contributed by atoms with van der Waals surface area (Å²) in [6.45, 7) is 7.65. The third-order valence-corrected chi connectivity index (χ3v) is 4.91. The number of thiazole rings is 1.